The second-order valence-corrected chi connectivity index (χ2v) is 6.22. The van der Waals surface area contributed by atoms with Crippen molar-refractivity contribution < 1.29 is 14.3 Å². The predicted octanol–water partition coefficient (Wildman–Crippen LogP) is 3.43. The highest BCUT2D eigenvalue weighted by Gasteiger charge is 2.43. The molecular formula is C20H18N2O3. The molecule has 1 aliphatic heterocycles. The summed E-state index contributed by atoms with van der Waals surface area (Å²) < 4.78 is 5.29. The van der Waals surface area contributed by atoms with Crippen molar-refractivity contribution in [3.63, 3.8) is 0 Å². The van der Waals surface area contributed by atoms with Crippen molar-refractivity contribution in [2.45, 2.75) is 12.6 Å². The molecule has 2 aromatic carbocycles. The number of urea groups is 1. The Morgan fingerprint density at radius 3 is 2.48 bits per heavy atom. The molecule has 0 unspecified atom stereocenters. The number of amides is 3. The molecule has 1 heterocycles. The van der Waals surface area contributed by atoms with Gasteiger partial charge in [-0.15, -0.1) is 0 Å². The Labute approximate surface area is 145 Å². The first kappa shape index (κ1) is 15.4. The van der Waals surface area contributed by atoms with Crippen molar-refractivity contribution >= 4 is 17.7 Å². The van der Waals surface area contributed by atoms with Crippen LogP contribution in [0.4, 0.5) is 9.59 Å². The smallest absolute Gasteiger partial charge is 0.418 e. The molecule has 0 bridgehead atoms. The maximum Gasteiger partial charge on any atom is 0.418 e. The largest absolute Gasteiger partial charge is 0.444 e. The summed E-state index contributed by atoms with van der Waals surface area (Å²) in [5.74, 6) is 0.101. The highest BCUT2D eigenvalue weighted by Crippen LogP contribution is 2.38. The third-order valence-corrected chi connectivity index (χ3v) is 4.64. The van der Waals surface area contributed by atoms with Crippen LogP contribution >= 0.6 is 0 Å². The van der Waals surface area contributed by atoms with Crippen molar-refractivity contribution in [1.29, 1.82) is 0 Å². The van der Waals surface area contributed by atoms with E-state index in [2.05, 4.69) is 5.32 Å². The van der Waals surface area contributed by atoms with Crippen LogP contribution in [-0.4, -0.2) is 29.6 Å². The first-order chi connectivity index (χ1) is 12.2. The van der Waals surface area contributed by atoms with E-state index in [0.29, 0.717) is 6.54 Å². The molecule has 25 heavy (non-hydrogen) atoms. The molecule has 3 amide bonds. The monoisotopic (exact) mass is 334 g/mol. The van der Waals surface area contributed by atoms with E-state index >= 15 is 0 Å². The summed E-state index contributed by atoms with van der Waals surface area (Å²) in [4.78, 5) is 25.6. The molecule has 0 saturated carbocycles. The summed E-state index contributed by atoms with van der Waals surface area (Å²) in [5.41, 5.74) is 3.17. The van der Waals surface area contributed by atoms with Gasteiger partial charge in [0.05, 0.1) is 6.04 Å². The van der Waals surface area contributed by atoms with Crippen molar-refractivity contribution in [1.82, 2.24) is 10.2 Å². The second-order valence-electron chi connectivity index (χ2n) is 6.22. The number of imide groups is 1. The number of hydrogen-bond donors (Lipinski definition) is 1. The number of fused-ring (bicyclic) bond motifs is 1. The average molecular weight is 334 g/mol. The van der Waals surface area contributed by atoms with Gasteiger partial charge in [-0.1, -0.05) is 66.7 Å². The highest BCUT2D eigenvalue weighted by atomic mass is 16.6. The fraction of sp³-hybridized carbons (Fsp3) is 0.200. The Balaban J connectivity index is 1.42. The summed E-state index contributed by atoms with van der Waals surface area (Å²) in [7, 11) is 0. The van der Waals surface area contributed by atoms with E-state index in [-0.39, 0.29) is 18.6 Å². The van der Waals surface area contributed by atoms with Crippen LogP contribution in [0.3, 0.4) is 0 Å². The lowest BCUT2D eigenvalue weighted by molar-refractivity contribution is 0.0919. The number of ether oxygens (including phenoxy) is 1. The Morgan fingerprint density at radius 2 is 1.76 bits per heavy atom. The number of hydrogen-bond acceptors (Lipinski definition) is 3. The summed E-state index contributed by atoms with van der Waals surface area (Å²) in [6.07, 6.45) is 1.43. The van der Waals surface area contributed by atoms with Gasteiger partial charge < -0.3 is 10.1 Å². The summed E-state index contributed by atoms with van der Waals surface area (Å²) in [5, 5.41) is 2.85. The van der Waals surface area contributed by atoms with Crippen LogP contribution in [0.1, 0.15) is 11.1 Å². The lowest BCUT2D eigenvalue weighted by Gasteiger charge is -2.43. The Bertz CT molecular complexity index is 817. The van der Waals surface area contributed by atoms with E-state index in [1.54, 1.807) is 0 Å². The standard InChI is InChI=1S/C20H18N2O3/c23-19-21-18-11-16(15-9-5-2-6-10-15)17(18)12-22(19)20(24)25-13-14-7-3-1-4-8-14/h1-11,17-18H,12-13H2,(H,21,23)/t17-,18+/m1/s1. The van der Waals surface area contributed by atoms with Crippen LogP contribution in [0.25, 0.3) is 5.57 Å². The molecule has 2 aromatic rings. The normalized spacial score (nSPS) is 21.5. The van der Waals surface area contributed by atoms with E-state index in [1.807, 2.05) is 66.7 Å². The van der Waals surface area contributed by atoms with Gasteiger partial charge in [0.2, 0.25) is 0 Å². The Hall–Kier alpha value is -3.08. The molecular weight excluding hydrogens is 316 g/mol. The van der Waals surface area contributed by atoms with E-state index < -0.39 is 12.1 Å². The molecule has 1 N–H and O–H groups in total. The predicted molar refractivity (Wildman–Crippen MR) is 93.6 cm³/mol. The van der Waals surface area contributed by atoms with Gasteiger partial charge in [-0.2, -0.15) is 0 Å². The summed E-state index contributed by atoms with van der Waals surface area (Å²) in [6.45, 7) is 0.490. The highest BCUT2D eigenvalue weighted by molar-refractivity contribution is 5.94. The zero-order valence-corrected chi connectivity index (χ0v) is 13.6. The quantitative estimate of drug-likeness (QED) is 0.935. The number of benzene rings is 2. The zero-order chi connectivity index (χ0) is 17.2. The molecule has 0 aromatic heterocycles. The first-order valence-electron chi connectivity index (χ1n) is 8.28. The van der Waals surface area contributed by atoms with Crippen LogP contribution in [0.5, 0.6) is 0 Å². The van der Waals surface area contributed by atoms with Gasteiger partial charge in [0.1, 0.15) is 6.61 Å². The number of rotatable bonds is 3. The summed E-state index contributed by atoms with van der Waals surface area (Å²) in [6, 6.07) is 19.0. The molecule has 1 fully saturated rings. The molecule has 5 heteroatoms. The van der Waals surface area contributed by atoms with Gasteiger partial charge in [0.15, 0.2) is 0 Å². The molecule has 1 aliphatic carbocycles. The van der Waals surface area contributed by atoms with Crippen LogP contribution in [0.15, 0.2) is 66.7 Å². The van der Waals surface area contributed by atoms with Crippen molar-refractivity contribution in [3.05, 3.63) is 77.9 Å². The minimum atomic E-state index is -0.612. The second kappa shape index (κ2) is 6.43. The Kier molecular flexibility index (Phi) is 3.98. The third kappa shape index (κ3) is 3.01. The molecule has 5 nitrogen and oxygen atoms in total. The molecule has 1 saturated heterocycles. The fourth-order valence-corrected chi connectivity index (χ4v) is 3.26. The van der Waals surface area contributed by atoms with Crippen molar-refractivity contribution in [2.75, 3.05) is 6.54 Å². The third-order valence-electron chi connectivity index (χ3n) is 4.64. The van der Waals surface area contributed by atoms with Crippen LogP contribution < -0.4 is 5.32 Å². The summed E-state index contributed by atoms with van der Waals surface area (Å²) >= 11 is 0. The molecule has 2 aliphatic rings. The van der Waals surface area contributed by atoms with E-state index in [1.165, 1.54) is 0 Å². The topological polar surface area (TPSA) is 58.6 Å². The van der Waals surface area contributed by atoms with Crippen LogP contribution in [0, 0.1) is 5.92 Å². The molecule has 0 radical (unpaired) electrons. The van der Waals surface area contributed by atoms with Gasteiger partial charge in [0.25, 0.3) is 0 Å². The number of nitrogens with one attached hydrogen (secondary N) is 1. The van der Waals surface area contributed by atoms with Gasteiger partial charge in [0, 0.05) is 12.5 Å². The van der Waals surface area contributed by atoms with Crippen molar-refractivity contribution in [2.24, 2.45) is 5.92 Å². The molecule has 2 atom stereocenters. The van der Waals surface area contributed by atoms with Gasteiger partial charge in [-0.05, 0) is 16.7 Å². The van der Waals surface area contributed by atoms with E-state index in [9.17, 15) is 9.59 Å². The number of carbonyl (C=O) groups is 2. The van der Waals surface area contributed by atoms with Gasteiger partial charge >= 0.3 is 12.1 Å². The Morgan fingerprint density at radius 1 is 1.08 bits per heavy atom. The molecule has 0 spiro atoms. The van der Waals surface area contributed by atoms with Crippen LogP contribution in [-0.2, 0) is 11.3 Å². The molecule has 126 valence electrons. The lowest BCUT2D eigenvalue weighted by atomic mass is 9.75. The van der Waals surface area contributed by atoms with E-state index in [4.69, 9.17) is 4.74 Å². The SMILES string of the molecule is O=C1N[C@H]2C=C(c3ccccc3)[C@H]2CN1C(=O)OCc1ccccc1. The van der Waals surface area contributed by atoms with Crippen molar-refractivity contribution in [3.8, 4) is 0 Å². The maximum absolute atomic E-state index is 12.3. The minimum absolute atomic E-state index is 0.0131. The fourth-order valence-electron chi connectivity index (χ4n) is 3.26. The minimum Gasteiger partial charge on any atom is -0.444 e. The van der Waals surface area contributed by atoms with E-state index in [0.717, 1.165) is 21.6 Å². The number of nitrogens with zero attached hydrogens (tertiary/aromatic N) is 1. The lowest BCUT2D eigenvalue weighted by Crippen LogP contribution is -2.61. The zero-order valence-electron chi connectivity index (χ0n) is 13.6. The first-order valence-corrected chi connectivity index (χ1v) is 8.28. The molecule has 4 rings (SSSR count). The van der Waals surface area contributed by atoms with Gasteiger partial charge in [-0.3, -0.25) is 0 Å². The number of carbonyl (C=O) groups excluding carboxylic acids is 2. The van der Waals surface area contributed by atoms with Crippen LogP contribution in [0.2, 0.25) is 0 Å². The maximum atomic E-state index is 12.3. The van der Waals surface area contributed by atoms with Gasteiger partial charge in [-0.25, -0.2) is 14.5 Å². The average Bonchev–Trinajstić information content (AvgIpc) is 2.64.